The Kier molecular flexibility index (Phi) is 1.59. The Morgan fingerprint density at radius 2 is 2.38 bits per heavy atom. The fourth-order valence-electron chi connectivity index (χ4n) is 0.992. The first-order valence-electron chi connectivity index (χ1n) is 3.51. The second-order valence-corrected chi connectivity index (χ2v) is 2.39. The predicted molar refractivity (Wildman–Crippen MR) is 45.0 cm³/mol. The second kappa shape index (κ2) is 2.74. The molecule has 0 atom stereocenters. The average Bonchev–Trinajstić information content (AvgIpc) is 2.17. The maximum atomic E-state index is 10.4. The summed E-state index contributed by atoms with van der Waals surface area (Å²) in [4.78, 5) is 18.7. The van der Waals surface area contributed by atoms with Crippen molar-refractivity contribution in [2.45, 2.75) is 0 Å². The van der Waals surface area contributed by atoms with Gasteiger partial charge < -0.3 is 4.84 Å². The van der Waals surface area contributed by atoms with Crippen LogP contribution in [-0.2, 0) is 0 Å². The number of benzene rings is 1. The van der Waals surface area contributed by atoms with E-state index in [1.54, 1.807) is 0 Å². The summed E-state index contributed by atoms with van der Waals surface area (Å²) in [5.74, 6) is 0.480. The highest BCUT2D eigenvalue weighted by Crippen LogP contribution is 2.31. The van der Waals surface area contributed by atoms with Crippen LogP contribution in [0.4, 0.5) is 11.4 Å². The van der Waals surface area contributed by atoms with Crippen LogP contribution in [0.3, 0.4) is 0 Å². The van der Waals surface area contributed by atoms with Gasteiger partial charge in [0.05, 0.1) is 4.92 Å². The van der Waals surface area contributed by atoms with Crippen molar-refractivity contribution < 1.29 is 9.76 Å². The number of nitrogens with one attached hydrogen (secondary N) is 1. The number of hydrogen-bond acceptors (Lipinski definition) is 5. The van der Waals surface area contributed by atoms with Crippen LogP contribution in [0, 0.1) is 10.1 Å². The van der Waals surface area contributed by atoms with Gasteiger partial charge in [0.2, 0.25) is 0 Å². The van der Waals surface area contributed by atoms with Gasteiger partial charge in [-0.25, -0.2) is 10.5 Å². The molecule has 2 rings (SSSR count). The lowest BCUT2D eigenvalue weighted by Crippen LogP contribution is -2.18. The molecule has 13 heavy (non-hydrogen) atoms. The zero-order valence-electron chi connectivity index (χ0n) is 6.43. The number of nitro groups is 1. The fraction of sp³-hybridized carbons (Fsp3) is 0. The minimum absolute atomic E-state index is 0.00130. The summed E-state index contributed by atoms with van der Waals surface area (Å²) in [6.45, 7) is 0. The molecule has 0 bridgehead atoms. The molecule has 6 heteroatoms. The fourth-order valence-corrected chi connectivity index (χ4v) is 0.992. The second-order valence-electron chi connectivity index (χ2n) is 2.39. The van der Waals surface area contributed by atoms with Gasteiger partial charge in [-0.2, -0.15) is 0 Å². The highest BCUT2D eigenvalue weighted by molar-refractivity contribution is 5.69. The molecule has 0 saturated carbocycles. The molecular formula is C7H5N3O3. The largest absolute Gasteiger partial charge is 0.379 e. The summed E-state index contributed by atoms with van der Waals surface area (Å²) in [5, 5.41) is 10.4. The van der Waals surface area contributed by atoms with Crippen molar-refractivity contribution in [1.29, 1.82) is 0 Å². The van der Waals surface area contributed by atoms with Crippen LogP contribution in [0.2, 0.25) is 0 Å². The highest BCUT2D eigenvalue weighted by Gasteiger charge is 2.12. The Bertz CT molecular complexity index is 389. The number of rotatable bonds is 1. The lowest BCUT2D eigenvalue weighted by Gasteiger charge is -2.10. The maximum absolute atomic E-state index is 10.4. The van der Waals surface area contributed by atoms with Gasteiger partial charge in [0.1, 0.15) is 12.0 Å². The molecule has 0 aliphatic carbocycles. The van der Waals surface area contributed by atoms with Crippen LogP contribution in [0.1, 0.15) is 0 Å². The quantitative estimate of drug-likeness (QED) is 0.518. The first kappa shape index (κ1) is 7.53. The third-order valence-corrected chi connectivity index (χ3v) is 1.58. The van der Waals surface area contributed by atoms with Crippen LogP contribution in [-0.4, -0.2) is 11.3 Å². The lowest BCUT2D eigenvalue weighted by atomic mass is 10.2. The minimum Gasteiger partial charge on any atom is -0.379 e. The van der Waals surface area contributed by atoms with E-state index in [9.17, 15) is 10.1 Å². The monoisotopic (exact) mass is 179 g/mol. The van der Waals surface area contributed by atoms with E-state index >= 15 is 0 Å². The highest BCUT2D eigenvalue weighted by atomic mass is 16.6. The van der Waals surface area contributed by atoms with Crippen molar-refractivity contribution in [3.8, 4) is 5.75 Å². The van der Waals surface area contributed by atoms with Gasteiger partial charge in [0.25, 0.3) is 5.69 Å². The van der Waals surface area contributed by atoms with Crippen molar-refractivity contribution in [2.75, 3.05) is 0 Å². The lowest BCUT2D eigenvalue weighted by molar-refractivity contribution is -0.384. The molecule has 0 unspecified atom stereocenters. The van der Waals surface area contributed by atoms with Crippen LogP contribution in [0.5, 0.6) is 5.75 Å². The normalized spacial score (nSPS) is 12.6. The molecule has 1 aromatic carbocycles. The Labute approximate surface area is 73.0 Å². The number of hydroxylamine groups is 1. The van der Waals surface area contributed by atoms with E-state index in [4.69, 9.17) is 4.84 Å². The van der Waals surface area contributed by atoms with Crippen LogP contribution >= 0.6 is 0 Å². The van der Waals surface area contributed by atoms with E-state index in [1.165, 1.54) is 24.5 Å². The molecule has 1 aliphatic heterocycles. The van der Waals surface area contributed by atoms with E-state index in [-0.39, 0.29) is 5.69 Å². The summed E-state index contributed by atoms with van der Waals surface area (Å²) in [6.07, 6.45) is 1.33. The van der Waals surface area contributed by atoms with Gasteiger partial charge in [0.15, 0.2) is 5.75 Å². The smallest absolute Gasteiger partial charge is 0.271 e. The summed E-state index contributed by atoms with van der Waals surface area (Å²) in [6, 6.07) is 4.21. The first-order chi connectivity index (χ1) is 6.27. The van der Waals surface area contributed by atoms with E-state index < -0.39 is 4.92 Å². The van der Waals surface area contributed by atoms with E-state index in [0.29, 0.717) is 11.4 Å². The Morgan fingerprint density at radius 1 is 1.54 bits per heavy atom. The summed E-state index contributed by atoms with van der Waals surface area (Å²) in [7, 11) is 0. The molecule has 0 fully saturated rings. The summed E-state index contributed by atoms with van der Waals surface area (Å²) >= 11 is 0. The van der Waals surface area contributed by atoms with Crippen molar-refractivity contribution >= 4 is 17.7 Å². The molecule has 1 heterocycles. The first-order valence-corrected chi connectivity index (χ1v) is 3.51. The van der Waals surface area contributed by atoms with Gasteiger partial charge in [-0.1, -0.05) is 0 Å². The minimum atomic E-state index is -0.474. The average molecular weight is 179 g/mol. The molecule has 1 N–H and O–H groups in total. The molecule has 0 amide bonds. The topological polar surface area (TPSA) is 76.8 Å². The molecule has 1 aliphatic rings. The van der Waals surface area contributed by atoms with Gasteiger partial charge in [-0.15, -0.1) is 0 Å². The molecule has 0 saturated heterocycles. The van der Waals surface area contributed by atoms with Gasteiger partial charge >= 0.3 is 0 Å². The molecule has 0 radical (unpaired) electrons. The van der Waals surface area contributed by atoms with Gasteiger partial charge in [-0.05, 0) is 6.07 Å². The van der Waals surface area contributed by atoms with Crippen LogP contribution < -0.4 is 10.3 Å². The van der Waals surface area contributed by atoms with Crippen LogP contribution in [0.15, 0.2) is 23.2 Å². The predicted octanol–water partition coefficient (Wildman–Crippen LogP) is 1.15. The number of non-ortho nitro benzene ring substituents is 1. The Morgan fingerprint density at radius 3 is 3.15 bits per heavy atom. The SMILES string of the molecule is O=[N+]([O-])c1ccc2c(c1)N=CNO2. The van der Waals surface area contributed by atoms with E-state index in [0.717, 1.165) is 0 Å². The van der Waals surface area contributed by atoms with E-state index in [1.807, 2.05) is 0 Å². The molecule has 1 aromatic rings. The number of aliphatic imine (C=N–C) groups is 1. The van der Waals surface area contributed by atoms with Crippen molar-refractivity contribution in [3.05, 3.63) is 28.3 Å². The third kappa shape index (κ3) is 1.28. The van der Waals surface area contributed by atoms with Gasteiger partial charge in [-0.3, -0.25) is 10.1 Å². The van der Waals surface area contributed by atoms with Crippen molar-refractivity contribution in [3.63, 3.8) is 0 Å². The maximum Gasteiger partial charge on any atom is 0.271 e. The third-order valence-electron chi connectivity index (χ3n) is 1.58. The molecule has 66 valence electrons. The zero-order valence-corrected chi connectivity index (χ0v) is 6.43. The van der Waals surface area contributed by atoms with Crippen molar-refractivity contribution in [1.82, 2.24) is 5.48 Å². The summed E-state index contributed by atoms with van der Waals surface area (Å²) in [5.41, 5.74) is 2.88. The molecule has 0 aromatic heterocycles. The standard InChI is InChI=1S/C7H5N3O3/c11-10(12)5-1-2-7-6(3-5)8-4-9-13-7/h1-4H,(H,8,9). The zero-order chi connectivity index (χ0) is 9.26. The number of hydrogen-bond donors (Lipinski definition) is 1. The number of fused-ring (bicyclic) bond motifs is 1. The van der Waals surface area contributed by atoms with Gasteiger partial charge in [0, 0.05) is 12.1 Å². The molecule has 6 nitrogen and oxygen atoms in total. The number of nitro benzene ring substituents is 1. The molecule has 0 spiro atoms. The van der Waals surface area contributed by atoms with E-state index in [2.05, 4.69) is 10.5 Å². The Balaban J connectivity index is 2.48. The Hall–Kier alpha value is -2.11. The summed E-state index contributed by atoms with van der Waals surface area (Å²) < 4.78 is 0. The van der Waals surface area contributed by atoms with Crippen LogP contribution in [0.25, 0.3) is 0 Å². The van der Waals surface area contributed by atoms with Crippen molar-refractivity contribution in [2.24, 2.45) is 4.99 Å². The molecular weight excluding hydrogens is 174 g/mol. The number of nitrogens with zero attached hydrogens (tertiary/aromatic N) is 2.